The van der Waals surface area contributed by atoms with E-state index in [0.717, 1.165) is 11.1 Å². The molecule has 2 aromatic rings. The molecular weight excluding hydrogens is 284 g/mol. The van der Waals surface area contributed by atoms with Crippen molar-refractivity contribution in [2.24, 2.45) is 0 Å². The average molecular weight is 302 g/mol. The van der Waals surface area contributed by atoms with Gasteiger partial charge in [-0.3, -0.25) is 0 Å². The molecule has 3 rings (SSSR count). The van der Waals surface area contributed by atoms with E-state index in [1.54, 1.807) is 30.3 Å². The first kappa shape index (κ1) is 14.7. The Kier molecular flexibility index (Phi) is 3.92. The van der Waals surface area contributed by atoms with E-state index in [0.29, 0.717) is 6.42 Å². The summed E-state index contributed by atoms with van der Waals surface area (Å²) in [5.41, 5.74) is 1.69. The first-order chi connectivity index (χ1) is 10.5. The average Bonchev–Trinajstić information content (AvgIpc) is 2.52. The Morgan fingerprint density at radius 3 is 2.23 bits per heavy atom. The van der Waals surface area contributed by atoms with Gasteiger partial charge in [-0.25, -0.2) is 0 Å². The number of rotatable bonds is 2. The maximum Gasteiger partial charge on any atom is 0.157 e. The molecule has 0 aliphatic carbocycles. The molecule has 0 radical (unpaired) electrons. The number of phenols is 3. The lowest BCUT2D eigenvalue weighted by Crippen LogP contribution is -2.32. The number of phenolic OH excluding ortho intramolecular Hbond substituents is 3. The maximum atomic E-state index is 10.2. The molecule has 116 valence electrons. The second-order valence-electron chi connectivity index (χ2n) is 5.57. The van der Waals surface area contributed by atoms with Gasteiger partial charge in [-0.05, 0) is 41.8 Å². The molecule has 0 aromatic heterocycles. The molecule has 5 nitrogen and oxygen atoms in total. The highest BCUT2D eigenvalue weighted by Crippen LogP contribution is 2.39. The third kappa shape index (κ3) is 2.86. The number of ether oxygens (including phenoxy) is 1. The first-order valence-electron chi connectivity index (χ1n) is 7.15. The molecule has 4 N–H and O–H groups in total. The van der Waals surface area contributed by atoms with E-state index in [4.69, 9.17) is 4.74 Å². The lowest BCUT2D eigenvalue weighted by molar-refractivity contribution is -0.0699. The lowest BCUT2D eigenvalue weighted by atomic mass is 9.84. The van der Waals surface area contributed by atoms with Gasteiger partial charge in [0.25, 0.3) is 0 Å². The van der Waals surface area contributed by atoms with Crippen molar-refractivity contribution in [3.05, 3.63) is 53.6 Å². The normalized spacial score (nSPS) is 25.0. The van der Waals surface area contributed by atoms with Crippen molar-refractivity contribution in [2.45, 2.75) is 24.5 Å². The van der Waals surface area contributed by atoms with E-state index in [2.05, 4.69) is 0 Å². The van der Waals surface area contributed by atoms with Crippen LogP contribution in [0.4, 0.5) is 0 Å². The summed E-state index contributed by atoms with van der Waals surface area (Å²) in [4.78, 5) is 0. The van der Waals surface area contributed by atoms with Crippen LogP contribution >= 0.6 is 0 Å². The molecule has 1 heterocycles. The molecule has 5 heteroatoms. The summed E-state index contributed by atoms with van der Waals surface area (Å²) in [5, 5.41) is 38.5. The summed E-state index contributed by atoms with van der Waals surface area (Å²) in [7, 11) is 0. The molecule has 3 unspecified atom stereocenters. The molecule has 0 saturated carbocycles. The Morgan fingerprint density at radius 1 is 0.864 bits per heavy atom. The van der Waals surface area contributed by atoms with E-state index < -0.39 is 6.10 Å². The topological polar surface area (TPSA) is 90.2 Å². The van der Waals surface area contributed by atoms with Crippen LogP contribution in [0.5, 0.6) is 17.2 Å². The molecule has 0 bridgehead atoms. The van der Waals surface area contributed by atoms with Crippen LogP contribution in [0.25, 0.3) is 0 Å². The quantitative estimate of drug-likeness (QED) is 0.640. The Bertz CT molecular complexity index is 653. The van der Waals surface area contributed by atoms with Crippen molar-refractivity contribution in [3.8, 4) is 17.2 Å². The van der Waals surface area contributed by atoms with Gasteiger partial charge in [0, 0.05) is 5.92 Å². The largest absolute Gasteiger partial charge is 0.508 e. The zero-order valence-electron chi connectivity index (χ0n) is 11.9. The van der Waals surface area contributed by atoms with Crippen LogP contribution in [0.15, 0.2) is 42.5 Å². The van der Waals surface area contributed by atoms with Crippen molar-refractivity contribution in [2.75, 3.05) is 6.61 Å². The minimum atomic E-state index is -0.619. The SMILES string of the molecule is Oc1ccc(C2CC(c3ccc(O)c(O)c3)OCC2O)cc1. The fraction of sp³-hybridized carbons (Fsp3) is 0.294. The van der Waals surface area contributed by atoms with Crippen LogP contribution in [-0.2, 0) is 4.74 Å². The predicted molar refractivity (Wildman–Crippen MR) is 79.9 cm³/mol. The van der Waals surface area contributed by atoms with Crippen molar-refractivity contribution in [1.82, 2.24) is 0 Å². The van der Waals surface area contributed by atoms with Crippen LogP contribution in [-0.4, -0.2) is 33.1 Å². The van der Waals surface area contributed by atoms with Gasteiger partial charge >= 0.3 is 0 Å². The Hall–Kier alpha value is -2.24. The van der Waals surface area contributed by atoms with Gasteiger partial charge in [0.2, 0.25) is 0 Å². The molecule has 0 spiro atoms. The Morgan fingerprint density at radius 2 is 1.55 bits per heavy atom. The molecule has 1 aliphatic rings. The molecule has 1 aliphatic heterocycles. The molecule has 1 saturated heterocycles. The molecular formula is C17H18O5. The zero-order valence-corrected chi connectivity index (χ0v) is 11.9. The standard InChI is InChI=1S/C17H18O5/c18-12-4-1-10(2-5-12)13-8-17(22-9-16(13)21)11-3-6-14(19)15(20)7-11/h1-7,13,16-21H,8-9H2. The fourth-order valence-electron chi connectivity index (χ4n) is 2.84. The van der Waals surface area contributed by atoms with E-state index in [1.165, 1.54) is 12.1 Å². The summed E-state index contributed by atoms with van der Waals surface area (Å²) in [6.45, 7) is 0.192. The van der Waals surface area contributed by atoms with Crippen molar-refractivity contribution in [3.63, 3.8) is 0 Å². The van der Waals surface area contributed by atoms with E-state index in [9.17, 15) is 20.4 Å². The summed E-state index contributed by atoms with van der Waals surface area (Å²) in [5.74, 6) is -0.288. The third-order valence-electron chi connectivity index (χ3n) is 4.09. The summed E-state index contributed by atoms with van der Waals surface area (Å²) in [6.07, 6.45) is -0.337. The second kappa shape index (κ2) is 5.87. The summed E-state index contributed by atoms with van der Waals surface area (Å²) < 4.78 is 5.65. The molecule has 0 amide bonds. The monoisotopic (exact) mass is 302 g/mol. The molecule has 2 aromatic carbocycles. The highest BCUT2D eigenvalue weighted by Gasteiger charge is 2.32. The number of aliphatic hydroxyl groups excluding tert-OH is 1. The third-order valence-corrected chi connectivity index (χ3v) is 4.09. The van der Waals surface area contributed by atoms with Crippen molar-refractivity contribution < 1.29 is 25.2 Å². The van der Waals surface area contributed by atoms with Gasteiger partial charge in [-0.1, -0.05) is 18.2 Å². The summed E-state index contributed by atoms with van der Waals surface area (Å²) in [6, 6.07) is 11.4. The van der Waals surface area contributed by atoms with Crippen LogP contribution in [0.1, 0.15) is 29.6 Å². The molecule has 1 fully saturated rings. The summed E-state index contributed by atoms with van der Waals surface area (Å²) >= 11 is 0. The number of benzene rings is 2. The smallest absolute Gasteiger partial charge is 0.157 e. The zero-order chi connectivity index (χ0) is 15.7. The van der Waals surface area contributed by atoms with Gasteiger partial charge in [-0.15, -0.1) is 0 Å². The first-order valence-corrected chi connectivity index (χ1v) is 7.15. The number of aromatic hydroxyl groups is 3. The van der Waals surface area contributed by atoms with Crippen molar-refractivity contribution in [1.29, 1.82) is 0 Å². The maximum absolute atomic E-state index is 10.2. The van der Waals surface area contributed by atoms with Crippen LogP contribution in [0, 0.1) is 0 Å². The minimum Gasteiger partial charge on any atom is -0.508 e. The molecule has 3 atom stereocenters. The molecule has 22 heavy (non-hydrogen) atoms. The number of hydrogen-bond donors (Lipinski definition) is 4. The fourth-order valence-corrected chi connectivity index (χ4v) is 2.84. The number of aliphatic hydroxyl groups is 1. The lowest BCUT2D eigenvalue weighted by Gasteiger charge is -2.34. The highest BCUT2D eigenvalue weighted by molar-refractivity contribution is 5.41. The minimum absolute atomic E-state index is 0.115. The predicted octanol–water partition coefficient (Wildman–Crippen LogP) is 2.41. The van der Waals surface area contributed by atoms with Crippen LogP contribution in [0.2, 0.25) is 0 Å². The Balaban J connectivity index is 1.83. The highest BCUT2D eigenvalue weighted by atomic mass is 16.5. The Labute approximate surface area is 128 Å². The van der Waals surface area contributed by atoms with Gasteiger partial charge < -0.3 is 25.2 Å². The van der Waals surface area contributed by atoms with E-state index in [1.807, 2.05) is 0 Å². The van der Waals surface area contributed by atoms with Crippen LogP contribution in [0.3, 0.4) is 0 Å². The van der Waals surface area contributed by atoms with E-state index in [-0.39, 0.29) is 35.9 Å². The van der Waals surface area contributed by atoms with Crippen LogP contribution < -0.4 is 0 Å². The second-order valence-corrected chi connectivity index (χ2v) is 5.57. The van der Waals surface area contributed by atoms with Gasteiger partial charge in [-0.2, -0.15) is 0 Å². The van der Waals surface area contributed by atoms with Gasteiger partial charge in [0.1, 0.15) is 5.75 Å². The van der Waals surface area contributed by atoms with Gasteiger partial charge in [0.15, 0.2) is 11.5 Å². The number of hydrogen-bond acceptors (Lipinski definition) is 5. The van der Waals surface area contributed by atoms with E-state index >= 15 is 0 Å². The van der Waals surface area contributed by atoms with Crippen molar-refractivity contribution >= 4 is 0 Å². The van der Waals surface area contributed by atoms with Gasteiger partial charge in [0.05, 0.1) is 18.8 Å².